The van der Waals surface area contributed by atoms with Crippen LogP contribution in [0, 0.1) is 19.8 Å². The van der Waals surface area contributed by atoms with Crippen molar-refractivity contribution in [3.8, 4) is 11.5 Å². The van der Waals surface area contributed by atoms with E-state index in [9.17, 15) is 10.2 Å². The molecule has 0 saturated carbocycles. The second-order valence-electron chi connectivity index (χ2n) is 11.5. The quantitative estimate of drug-likeness (QED) is 0.512. The van der Waals surface area contributed by atoms with Crippen LogP contribution in [0.4, 0.5) is 0 Å². The van der Waals surface area contributed by atoms with Crippen molar-refractivity contribution in [1.29, 1.82) is 0 Å². The molecule has 0 amide bonds. The lowest BCUT2D eigenvalue weighted by molar-refractivity contribution is 0.434. The van der Waals surface area contributed by atoms with Gasteiger partial charge in [0.25, 0.3) is 15.2 Å². The predicted molar refractivity (Wildman–Crippen MR) is 132 cm³/mol. The minimum Gasteiger partial charge on any atom is -0.507 e. The summed E-state index contributed by atoms with van der Waals surface area (Å²) in [6.07, 6.45) is 0. The molecule has 164 valence electrons. The van der Waals surface area contributed by atoms with E-state index < -0.39 is 15.2 Å². The number of aryl methyl sites for hydroxylation is 2. The van der Waals surface area contributed by atoms with E-state index in [0.29, 0.717) is 17.4 Å². The first-order valence-corrected chi connectivity index (χ1v) is 13.1. The van der Waals surface area contributed by atoms with E-state index >= 15 is 0 Å². The fourth-order valence-corrected chi connectivity index (χ4v) is 6.51. The van der Waals surface area contributed by atoms with Crippen LogP contribution in [0.25, 0.3) is 0 Å². The van der Waals surface area contributed by atoms with Gasteiger partial charge in [0.15, 0.2) is 0 Å². The van der Waals surface area contributed by atoms with Crippen molar-refractivity contribution in [2.45, 2.75) is 90.1 Å². The first-order chi connectivity index (χ1) is 13.6. The molecule has 0 fully saturated rings. The molecule has 0 atom stereocenters. The highest BCUT2D eigenvalue weighted by Crippen LogP contribution is 2.44. The Hall–Kier alpha value is -1.43. The van der Waals surface area contributed by atoms with Crippen LogP contribution in [0.15, 0.2) is 24.3 Å². The average molecular weight is 425 g/mol. The van der Waals surface area contributed by atoms with Crippen LogP contribution >= 0.6 is 0 Å². The molecule has 0 unspecified atom stereocenters. The average Bonchev–Trinajstić information content (AvgIpc) is 2.57. The van der Waals surface area contributed by atoms with E-state index in [4.69, 9.17) is 0 Å². The van der Waals surface area contributed by atoms with Crippen molar-refractivity contribution in [2.75, 3.05) is 0 Å². The Balaban J connectivity index is 2.80. The van der Waals surface area contributed by atoms with Crippen molar-refractivity contribution < 1.29 is 10.2 Å². The molecule has 0 aliphatic heterocycles. The van der Waals surface area contributed by atoms with Crippen molar-refractivity contribution in [2.24, 2.45) is 5.92 Å². The summed E-state index contributed by atoms with van der Waals surface area (Å²) in [7, 11) is 0. The molecule has 2 rings (SSSR count). The first-order valence-electron chi connectivity index (χ1n) is 11.3. The molecular weight excluding hydrogens is 383 g/mol. The summed E-state index contributed by atoms with van der Waals surface area (Å²) in [4.78, 5) is 0. The molecule has 0 radical (unpaired) electrons. The Labute approximate surface area is 190 Å². The maximum atomic E-state index is 11.4. The van der Waals surface area contributed by atoms with Crippen LogP contribution in [0.5, 0.6) is 11.5 Å². The third-order valence-corrected chi connectivity index (χ3v) is 8.91. The van der Waals surface area contributed by atoms with E-state index in [1.54, 1.807) is 0 Å². The molecule has 0 spiro atoms. The monoisotopic (exact) mass is 424 g/mol. The summed E-state index contributed by atoms with van der Waals surface area (Å²) in [5.41, 5.74) is 6.02. The number of rotatable bonds is 5. The lowest BCUT2D eigenvalue weighted by atomic mass is 9.81. The fraction of sp³-hybridized carbons (Fsp3) is 0.556. The van der Waals surface area contributed by atoms with Crippen LogP contribution in [0.3, 0.4) is 0 Å². The fourth-order valence-electron chi connectivity index (χ4n) is 4.27. The maximum absolute atomic E-state index is 11.4. The Kier molecular flexibility index (Phi) is 7.43. The van der Waals surface area contributed by atoms with E-state index in [0.717, 1.165) is 22.3 Å². The Morgan fingerprint density at radius 1 is 0.733 bits per heavy atom. The molecule has 2 nitrogen and oxygen atoms in total. The summed E-state index contributed by atoms with van der Waals surface area (Å²) >= 11 is -0.633. The number of benzene rings is 2. The molecule has 30 heavy (non-hydrogen) atoms. The molecule has 2 aromatic carbocycles. The van der Waals surface area contributed by atoms with Crippen molar-refractivity contribution in [1.82, 2.24) is 0 Å². The SMILES string of the molecule is Cc1cc([CH]([AlH][CH2]C(C)C)c2cc(C)cc(C(C)(C)C)c2O)c(O)c(C(C)(C)C)c1. The summed E-state index contributed by atoms with van der Waals surface area (Å²) in [5.74, 6) is 1.43. The van der Waals surface area contributed by atoms with Gasteiger partial charge in [-0.15, -0.1) is 0 Å². The molecule has 0 heterocycles. The molecule has 2 N–H and O–H groups in total. The number of hydrogen-bond donors (Lipinski definition) is 2. The molecule has 0 saturated heterocycles. The standard InChI is InChI=1S/C23H31O2.C4H9.Al.H/c1-14-9-16(20(24)18(11-14)22(3,4)5)13-17-10-15(2)12-19(21(17)25)23(6,7)8;1-4(2)3;;/h9-13,24-25H,1-8H3;4H,1H2,2-3H3;;. The van der Waals surface area contributed by atoms with E-state index in [2.05, 4.69) is 93.5 Å². The Morgan fingerprint density at radius 3 is 1.40 bits per heavy atom. The number of hydrogen-bond acceptors (Lipinski definition) is 2. The topological polar surface area (TPSA) is 40.5 Å². The highest BCUT2D eigenvalue weighted by atomic mass is 27.1. The van der Waals surface area contributed by atoms with Crippen molar-refractivity contribution in [3.63, 3.8) is 0 Å². The Morgan fingerprint density at radius 2 is 1.10 bits per heavy atom. The van der Waals surface area contributed by atoms with Crippen LogP contribution < -0.4 is 0 Å². The second kappa shape index (κ2) is 8.98. The van der Waals surface area contributed by atoms with Gasteiger partial charge >= 0.3 is 0 Å². The zero-order valence-electron chi connectivity index (χ0n) is 20.8. The molecule has 2 aromatic rings. The lowest BCUT2D eigenvalue weighted by Crippen LogP contribution is -2.18. The largest absolute Gasteiger partial charge is 0.507 e. The molecule has 0 bridgehead atoms. The predicted octanol–water partition coefficient (Wildman–Crippen LogP) is 6.91. The zero-order chi connectivity index (χ0) is 23.0. The van der Waals surface area contributed by atoms with Crippen molar-refractivity contribution in [3.05, 3.63) is 57.6 Å². The minimum atomic E-state index is -0.633. The van der Waals surface area contributed by atoms with Gasteiger partial charge in [0, 0.05) is 0 Å². The van der Waals surface area contributed by atoms with Gasteiger partial charge in [0.1, 0.15) is 11.5 Å². The van der Waals surface area contributed by atoms with Gasteiger partial charge < -0.3 is 10.2 Å². The molecular formula is C27H41AlO2. The molecule has 0 aliphatic rings. The summed E-state index contributed by atoms with van der Waals surface area (Å²) in [5, 5.41) is 23.9. The third-order valence-electron chi connectivity index (χ3n) is 5.97. The van der Waals surface area contributed by atoms with Crippen LogP contribution in [-0.4, -0.2) is 25.4 Å². The summed E-state index contributed by atoms with van der Waals surface area (Å²) in [6, 6.07) is 8.50. The van der Waals surface area contributed by atoms with Gasteiger partial charge in [-0.3, -0.25) is 0 Å². The van der Waals surface area contributed by atoms with Gasteiger partial charge in [-0.2, -0.15) is 0 Å². The first kappa shape index (κ1) is 24.8. The molecule has 3 heteroatoms. The van der Waals surface area contributed by atoms with Crippen LogP contribution in [0.1, 0.15) is 93.6 Å². The van der Waals surface area contributed by atoms with Gasteiger partial charge in [-0.05, 0) is 51.7 Å². The normalized spacial score (nSPS) is 12.7. The smallest absolute Gasteiger partial charge is 0.255 e. The van der Waals surface area contributed by atoms with E-state index in [1.165, 1.54) is 16.4 Å². The van der Waals surface area contributed by atoms with Gasteiger partial charge in [-0.1, -0.05) is 102 Å². The highest BCUT2D eigenvalue weighted by Gasteiger charge is 2.30. The number of phenolic OH excluding ortho intramolecular Hbond substituents is 2. The highest BCUT2D eigenvalue weighted by molar-refractivity contribution is 6.39. The van der Waals surface area contributed by atoms with Gasteiger partial charge in [0.2, 0.25) is 0 Å². The number of phenols is 2. The zero-order valence-corrected chi connectivity index (χ0v) is 22.2. The lowest BCUT2D eigenvalue weighted by Gasteiger charge is -2.29. The van der Waals surface area contributed by atoms with E-state index in [-0.39, 0.29) is 15.6 Å². The summed E-state index contributed by atoms with van der Waals surface area (Å²) < 4.78 is 0.0920. The molecule has 0 aliphatic carbocycles. The van der Waals surface area contributed by atoms with Gasteiger partial charge in [-0.25, -0.2) is 0 Å². The summed E-state index contributed by atoms with van der Waals surface area (Å²) in [6.45, 7) is 21.6. The maximum Gasteiger partial charge on any atom is 0.255 e. The van der Waals surface area contributed by atoms with Gasteiger partial charge in [0.05, 0.1) is 0 Å². The van der Waals surface area contributed by atoms with Crippen LogP contribution in [0.2, 0.25) is 5.28 Å². The van der Waals surface area contributed by atoms with E-state index in [1.807, 2.05) is 0 Å². The number of aromatic hydroxyl groups is 2. The minimum absolute atomic E-state index is 0.0920. The van der Waals surface area contributed by atoms with Crippen LogP contribution in [-0.2, 0) is 10.8 Å². The Bertz CT molecular complexity index is 829. The third kappa shape index (κ3) is 5.63. The van der Waals surface area contributed by atoms with Crippen molar-refractivity contribution >= 4 is 15.2 Å². The molecule has 0 aromatic heterocycles. The second-order valence-corrected chi connectivity index (χ2v) is 13.5.